The standard InChI is InChI=1S/C13H21NO4S/c1-3-4-5-6-10-17-12-8-7-9-13(11-12)18-19(15,16)14-2/h7-9,11,14H,3-6,10H2,1-2H3. The molecule has 5 nitrogen and oxygen atoms in total. The molecule has 0 saturated heterocycles. The predicted molar refractivity (Wildman–Crippen MR) is 74.7 cm³/mol. The highest BCUT2D eigenvalue weighted by molar-refractivity contribution is 7.85. The molecule has 0 spiro atoms. The van der Waals surface area contributed by atoms with Gasteiger partial charge in [-0.25, -0.2) is 0 Å². The van der Waals surface area contributed by atoms with E-state index in [4.69, 9.17) is 8.92 Å². The molecule has 0 saturated carbocycles. The Hall–Kier alpha value is -1.27. The van der Waals surface area contributed by atoms with Crippen LogP contribution in [0.25, 0.3) is 0 Å². The molecule has 0 amide bonds. The minimum atomic E-state index is -3.73. The molecule has 1 aromatic carbocycles. The average molecular weight is 287 g/mol. The van der Waals surface area contributed by atoms with Crippen LogP contribution in [0.1, 0.15) is 32.6 Å². The highest BCUT2D eigenvalue weighted by atomic mass is 32.2. The van der Waals surface area contributed by atoms with Crippen molar-refractivity contribution in [1.29, 1.82) is 0 Å². The predicted octanol–water partition coefficient (Wildman–Crippen LogP) is 2.49. The lowest BCUT2D eigenvalue weighted by Gasteiger charge is -2.08. The number of hydrogen-bond donors (Lipinski definition) is 1. The quantitative estimate of drug-likeness (QED) is 0.709. The molecular weight excluding hydrogens is 266 g/mol. The molecule has 19 heavy (non-hydrogen) atoms. The summed E-state index contributed by atoms with van der Waals surface area (Å²) in [4.78, 5) is 0. The molecule has 1 rings (SSSR count). The first-order chi connectivity index (χ1) is 9.07. The zero-order chi connectivity index (χ0) is 14.1. The summed E-state index contributed by atoms with van der Waals surface area (Å²) < 4.78 is 34.9. The lowest BCUT2D eigenvalue weighted by atomic mass is 10.2. The zero-order valence-electron chi connectivity index (χ0n) is 11.4. The minimum Gasteiger partial charge on any atom is -0.493 e. The molecule has 108 valence electrons. The fraction of sp³-hybridized carbons (Fsp3) is 0.538. The average Bonchev–Trinajstić information content (AvgIpc) is 2.38. The molecule has 0 radical (unpaired) electrons. The molecule has 0 unspecified atom stereocenters. The Bertz CT molecular complexity index is 473. The monoisotopic (exact) mass is 287 g/mol. The Morgan fingerprint density at radius 1 is 1.16 bits per heavy atom. The third kappa shape index (κ3) is 6.45. The SMILES string of the molecule is CCCCCCOc1cccc(OS(=O)(=O)NC)c1. The van der Waals surface area contributed by atoms with Crippen LogP contribution in [0, 0.1) is 0 Å². The summed E-state index contributed by atoms with van der Waals surface area (Å²) in [6.07, 6.45) is 4.52. The van der Waals surface area contributed by atoms with Crippen molar-refractivity contribution in [1.82, 2.24) is 4.72 Å². The zero-order valence-corrected chi connectivity index (χ0v) is 12.2. The van der Waals surface area contributed by atoms with Crippen LogP contribution in [0.4, 0.5) is 0 Å². The van der Waals surface area contributed by atoms with Gasteiger partial charge in [-0.05, 0) is 18.6 Å². The Labute approximate surface area is 115 Å². The van der Waals surface area contributed by atoms with Gasteiger partial charge in [0.2, 0.25) is 0 Å². The van der Waals surface area contributed by atoms with E-state index in [2.05, 4.69) is 11.6 Å². The fourth-order valence-electron chi connectivity index (χ4n) is 1.50. The highest BCUT2D eigenvalue weighted by Gasteiger charge is 2.09. The summed E-state index contributed by atoms with van der Waals surface area (Å²) in [5.74, 6) is 0.848. The molecule has 0 aromatic heterocycles. The fourth-order valence-corrected chi connectivity index (χ4v) is 1.94. The molecule has 0 bridgehead atoms. The molecule has 0 fully saturated rings. The van der Waals surface area contributed by atoms with E-state index in [-0.39, 0.29) is 5.75 Å². The summed E-state index contributed by atoms with van der Waals surface area (Å²) in [6, 6.07) is 6.61. The second-order valence-electron chi connectivity index (χ2n) is 4.13. The van der Waals surface area contributed by atoms with Gasteiger partial charge in [0, 0.05) is 13.1 Å². The van der Waals surface area contributed by atoms with Gasteiger partial charge in [0.1, 0.15) is 11.5 Å². The minimum absolute atomic E-state index is 0.236. The molecule has 0 atom stereocenters. The van der Waals surface area contributed by atoms with Gasteiger partial charge in [-0.1, -0.05) is 32.3 Å². The first-order valence-corrected chi connectivity index (χ1v) is 7.84. The number of hydrogen-bond acceptors (Lipinski definition) is 4. The van der Waals surface area contributed by atoms with Crippen LogP contribution in [0.3, 0.4) is 0 Å². The van der Waals surface area contributed by atoms with Crippen LogP contribution in [-0.2, 0) is 10.3 Å². The van der Waals surface area contributed by atoms with E-state index >= 15 is 0 Å². The topological polar surface area (TPSA) is 64.6 Å². The van der Waals surface area contributed by atoms with Crippen LogP contribution in [0.2, 0.25) is 0 Å². The van der Waals surface area contributed by atoms with Crippen molar-refractivity contribution in [3.63, 3.8) is 0 Å². The van der Waals surface area contributed by atoms with Crippen molar-refractivity contribution in [2.45, 2.75) is 32.6 Å². The van der Waals surface area contributed by atoms with E-state index in [1.54, 1.807) is 24.3 Å². The molecule has 0 heterocycles. The van der Waals surface area contributed by atoms with Gasteiger partial charge in [0.25, 0.3) is 0 Å². The Morgan fingerprint density at radius 2 is 1.89 bits per heavy atom. The second kappa shape index (κ2) is 8.01. The van der Waals surface area contributed by atoms with Gasteiger partial charge < -0.3 is 8.92 Å². The summed E-state index contributed by atoms with van der Waals surface area (Å²) in [7, 11) is -2.43. The first kappa shape index (κ1) is 15.8. The van der Waals surface area contributed by atoms with Gasteiger partial charge in [0.05, 0.1) is 6.61 Å². The van der Waals surface area contributed by atoms with Gasteiger partial charge >= 0.3 is 10.3 Å². The van der Waals surface area contributed by atoms with E-state index in [1.807, 2.05) is 0 Å². The van der Waals surface area contributed by atoms with Crippen LogP contribution in [0.15, 0.2) is 24.3 Å². The van der Waals surface area contributed by atoms with Crippen molar-refractivity contribution < 1.29 is 17.3 Å². The van der Waals surface area contributed by atoms with Gasteiger partial charge in [-0.3, -0.25) is 0 Å². The molecule has 0 aliphatic rings. The molecule has 6 heteroatoms. The number of ether oxygens (including phenoxy) is 1. The number of unbranched alkanes of at least 4 members (excludes halogenated alkanes) is 3. The van der Waals surface area contributed by atoms with Crippen molar-refractivity contribution in [2.75, 3.05) is 13.7 Å². The normalized spacial score (nSPS) is 11.3. The first-order valence-electron chi connectivity index (χ1n) is 6.43. The lowest BCUT2D eigenvalue weighted by Crippen LogP contribution is -2.24. The van der Waals surface area contributed by atoms with Crippen molar-refractivity contribution in [3.05, 3.63) is 24.3 Å². The molecule has 0 aliphatic heterocycles. The second-order valence-corrected chi connectivity index (χ2v) is 5.61. The number of benzene rings is 1. The van der Waals surface area contributed by atoms with E-state index in [0.717, 1.165) is 12.8 Å². The number of nitrogens with one attached hydrogen (secondary N) is 1. The van der Waals surface area contributed by atoms with E-state index in [0.29, 0.717) is 12.4 Å². The third-order valence-electron chi connectivity index (χ3n) is 2.53. The summed E-state index contributed by atoms with van der Waals surface area (Å²) in [5.41, 5.74) is 0. The highest BCUT2D eigenvalue weighted by Crippen LogP contribution is 2.20. The Morgan fingerprint density at radius 3 is 2.58 bits per heavy atom. The van der Waals surface area contributed by atoms with Gasteiger partial charge in [-0.15, -0.1) is 0 Å². The lowest BCUT2D eigenvalue weighted by molar-refractivity contribution is 0.304. The van der Waals surface area contributed by atoms with Gasteiger partial charge in [0.15, 0.2) is 0 Å². The maximum Gasteiger partial charge on any atom is 0.382 e. The summed E-state index contributed by atoms with van der Waals surface area (Å²) in [5, 5.41) is 0. The van der Waals surface area contributed by atoms with E-state index < -0.39 is 10.3 Å². The Balaban J connectivity index is 2.48. The van der Waals surface area contributed by atoms with Crippen molar-refractivity contribution >= 4 is 10.3 Å². The smallest absolute Gasteiger partial charge is 0.382 e. The van der Waals surface area contributed by atoms with Crippen molar-refractivity contribution in [3.8, 4) is 11.5 Å². The van der Waals surface area contributed by atoms with Crippen LogP contribution in [-0.4, -0.2) is 22.1 Å². The Kier molecular flexibility index (Phi) is 6.66. The maximum absolute atomic E-state index is 11.2. The molecular formula is C13H21NO4S. The molecule has 1 aromatic rings. The summed E-state index contributed by atoms with van der Waals surface area (Å²) >= 11 is 0. The molecule has 1 N–H and O–H groups in total. The van der Waals surface area contributed by atoms with E-state index in [1.165, 1.54) is 19.9 Å². The van der Waals surface area contributed by atoms with Crippen LogP contribution in [0.5, 0.6) is 11.5 Å². The van der Waals surface area contributed by atoms with E-state index in [9.17, 15) is 8.42 Å². The third-order valence-corrected chi connectivity index (χ3v) is 3.44. The van der Waals surface area contributed by atoms with Crippen molar-refractivity contribution in [2.24, 2.45) is 0 Å². The number of rotatable bonds is 9. The molecule has 0 aliphatic carbocycles. The van der Waals surface area contributed by atoms with Crippen LogP contribution < -0.4 is 13.6 Å². The van der Waals surface area contributed by atoms with Crippen LogP contribution >= 0.6 is 0 Å². The van der Waals surface area contributed by atoms with Gasteiger partial charge in [-0.2, -0.15) is 13.1 Å². The largest absolute Gasteiger partial charge is 0.493 e. The summed E-state index contributed by atoms with van der Waals surface area (Å²) in [6.45, 7) is 2.78. The maximum atomic E-state index is 11.2.